The van der Waals surface area contributed by atoms with Crippen LogP contribution in [0.4, 0.5) is 5.69 Å². The molecule has 9 heteroatoms. The van der Waals surface area contributed by atoms with Crippen LogP contribution in [0.1, 0.15) is 16.1 Å². The Morgan fingerprint density at radius 3 is 2.64 bits per heavy atom. The number of hydrogen-bond donors (Lipinski definition) is 2. The average molecular weight is 534 g/mol. The summed E-state index contributed by atoms with van der Waals surface area (Å²) in [5.41, 5.74) is 4.19. The number of methoxy groups -OCH3 is 1. The molecule has 0 aliphatic heterocycles. The summed E-state index contributed by atoms with van der Waals surface area (Å²) in [5.74, 6) is 0.762. The SMILES string of the molecule is COc1ccc(-c2nc3ccccc3s2)cc1NC(=S)NC(=O)c1ccc(-c2ccc(C)c(Cl)c2)o1. The summed E-state index contributed by atoms with van der Waals surface area (Å²) < 4.78 is 12.3. The van der Waals surface area contributed by atoms with Crippen molar-refractivity contribution in [1.82, 2.24) is 10.3 Å². The van der Waals surface area contributed by atoms with Gasteiger partial charge in [-0.1, -0.05) is 35.9 Å². The fraction of sp³-hybridized carbons (Fsp3) is 0.0741. The van der Waals surface area contributed by atoms with Gasteiger partial charge in [0.2, 0.25) is 0 Å². The van der Waals surface area contributed by atoms with Crippen molar-refractivity contribution < 1.29 is 13.9 Å². The number of rotatable bonds is 5. The maximum absolute atomic E-state index is 12.8. The van der Waals surface area contributed by atoms with Crippen molar-refractivity contribution in [2.24, 2.45) is 0 Å². The van der Waals surface area contributed by atoms with Crippen molar-refractivity contribution in [3.63, 3.8) is 0 Å². The molecule has 36 heavy (non-hydrogen) atoms. The van der Waals surface area contributed by atoms with Crippen LogP contribution >= 0.6 is 35.2 Å². The molecule has 2 aromatic heterocycles. The third-order valence-electron chi connectivity index (χ3n) is 5.50. The molecular weight excluding hydrogens is 514 g/mol. The Kier molecular flexibility index (Phi) is 6.73. The van der Waals surface area contributed by atoms with Crippen molar-refractivity contribution in [1.29, 1.82) is 0 Å². The number of para-hydroxylation sites is 1. The highest BCUT2D eigenvalue weighted by Gasteiger charge is 2.16. The Morgan fingerprint density at radius 1 is 1.06 bits per heavy atom. The number of thiazole rings is 1. The first-order chi connectivity index (χ1) is 17.4. The van der Waals surface area contributed by atoms with Gasteiger partial charge in [0.25, 0.3) is 5.91 Å². The molecule has 0 spiro atoms. The summed E-state index contributed by atoms with van der Waals surface area (Å²) in [6, 6.07) is 22.5. The lowest BCUT2D eigenvalue weighted by molar-refractivity contribution is 0.0951. The summed E-state index contributed by atoms with van der Waals surface area (Å²) in [6.07, 6.45) is 0. The smallest absolute Gasteiger partial charge is 0.293 e. The first-order valence-electron chi connectivity index (χ1n) is 10.9. The van der Waals surface area contributed by atoms with Gasteiger partial charge < -0.3 is 14.5 Å². The van der Waals surface area contributed by atoms with Crippen LogP contribution < -0.4 is 15.4 Å². The summed E-state index contributed by atoms with van der Waals surface area (Å²) in [6.45, 7) is 1.92. The number of aryl methyl sites for hydroxylation is 1. The molecule has 0 aliphatic carbocycles. The minimum absolute atomic E-state index is 0.107. The van der Waals surface area contributed by atoms with E-state index in [1.54, 1.807) is 36.6 Å². The third-order valence-corrected chi connectivity index (χ3v) is 7.20. The molecule has 0 saturated carbocycles. The molecule has 0 bridgehead atoms. The van der Waals surface area contributed by atoms with Crippen LogP contribution in [0.25, 0.3) is 32.1 Å². The maximum atomic E-state index is 12.8. The molecule has 3 aromatic carbocycles. The number of thiocarbonyl (C=S) groups is 1. The van der Waals surface area contributed by atoms with Gasteiger partial charge >= 0.3 is 0 Å². The van der Waals surface area contributed by atoms with Crippen molar-refractivity contribution in [2.45, 2.75) is 6.92 Å². The average Bonchev–Trinajstić information content (AvgIpc) is 3.53. The van der Waals surface area contributed by atoms with Gasteiger partial charge in [-0.3, -0.25) is 10.1 Å². The molecule has 0 saturated heterocycles. The van der Waals surface area contributed by atoms with Gasteiger partial charge in [-0.15, -0.1) is 11.3 Å². The van der Waals surface area contributed by atoms with Crippen molar-refractivity contribution in [2.75, 3.05) is 12.4 Å². The van der Waals surface area contributed by atoms with Gasteiger partial charge in [-0.05, 0) is 73.2 Å². The van der Waals surface area contributed by atoms with Gasteiger partial charge in [0.15, 0.2) is 10.9 Å². The molecule has 2 heterocycles. The van der Waals surface area contributed by atoms with E-state index in [1.165, 1.54) is 0 Å². The minimum Gasteiger partial charge on any atom is -0.495 e. The Morgan fingerprint density at radius 2 is 1.86 bits per heavy atom. The number of ether oxygens (including phenoxy) is 1. The molecule has 5 aromatic rings. The number of furan rings is 1. The number of halogens is 1. The lowest BCUT2D eigenvalue weighted by Crippen LogP contribution is -2.34. The quantitative estimate of drug-likeness (QED) is 0.230. The number of aromatic nitrogens is 1. The zero-order valence-electron chi connectivity index (χ0n) is 19.3. The predicted molar refractivity (Wildman–Crippen MR) is 149 cm³/mol. The minimum atomic E-state index is -0.474. The number of carbonyl (C=O) groups is 1. The summed E-state index contributed by atoms with van der Waals surface area (Å²) in [7, 11) is 1.57. The lowest BCUT2D eigenvalue weighted by atomic mass is 10.1. The Hall–Kier alpha value is -3.72. The molecule has 0 radical (unpaired) electrons. The van der Waals surface area contributed by atoms with Gasteiger partial charge in [-0.25, -0.2) is 4.98 Å². The summed E-state index contributed by atoms with van der Waals surface area (Å²) in [4.78, 5) is 17.5. The Balaban J connectivity index is 1.31. The van der Waals surface area contributed by atoms with E-state index in [4.69, 9.17) is 38.0 Å². The van der Waals surface area contributed by atoms with Crippen molar-refractivity contribution in [3.8, 4) is 27.6 Å². The first-order valence-corrected chi connectivity index (χ1v) is 12.5. The molecule has 5 rings (SSSR count). The van der Waals surface area contributed by atoms with Crippen LogP contribution in [0.2, 0.25) is 5.02 Å². The third kappa shape index (κ3) is 4.97. The van der Waals surface area contributed by atoms with Gasteiger partial charge in [0.1, 0.15) is 16.5 Å². The monoisotopic (exact) mass is 533 g/mol. The van der Waals surface area contributed by atoms with E-state index in [9.17, 15) is 4.79 Å². The first kappa shape index (κ1) is 24.0. The highest BCUT2D eigenvalue weighted by molar-refractivity contribution is 7.80. The van der Waals surface area contributed by atoms with Crippen LogP contribution in [-0.2, 0) is 0 Å². The molecule has 0 fully saturated rings. The number of hydrogen-bond acceptors (Lipinski definition) is 6. The summed E-state index contributed by atoms with van der Waals surface area (Å²) >= 11 is 13.2. The normalized spacial score (nSPS) is 10.9. The highest BCUT2D eigenvalue weighted by Crippen LogP contribution is 2.35. The van der Waals surface area contributed by atoms with E-state index in [2.05, 4.69) is 10.6 Å². The van der Waals surface area contributed by atoms with Crippen molar-refractivity contribution in [3.05, 3.63) is 89.1 Å². The number of fused-ring (bicyclic) bond motifs is 1. The molecule has 1 amide bonds. The van der Waals surface area contributed by atoms with E-state index in [0.717, 1.165) is 31.9 Å². The van der Waals surface area contributed by atoms with Gasteiger partial charge in [0, 0.05) is 16.1 Å². The Bertz CT molecular complexity index is 1580. The van der Waals surface area contributed by atoms with Crippen LogP contribution in [0.3, 0.4) is 0 Å². The molecule has 6 nitrogen and oxygen atoms in total. The molecule has 0 aliphatic rings. The van der Waals surface area contributed by atoms with Crippen LogP contribution in [0.5, 0.6) is 5.75 Å². The van der Waals surface area contributed by atoms with E-state index >= 15 is 0 Å². The Labute approximate surface area is 221 Å². The van der Waals surface area contributed by atoms with E-state index in [-0.39, 0.29) is 10.9 Å². The fourth-order valence-electron chi connectivity index (χ4n) is 3.61. The van der Waals surface area contributed by atoms with Crippen LogP contribution in [0.15, 0.2) is 77.2 Å². The number of anilines is 1. The molecular formula is C27H20ClN3O3S2. The van der Waals surface area contributed by atoms with E-state index in [1.807, 2.05) is 61.5 Å². The van der Waals surface area contributed by atoms with E-state index < -0.39 is 5.91 Å². The number of amides is 1. The predicted octanol–water partition coefficient (Wildman–Crippen LogP) is 7.32. The molecule has 180 valence electrons. The standard InChI is InChI=1S/C27H20ClN3O3S2/c1-15-7-8-16(13-18(15)28)21-11-12-23(34-21)25(32)31-27(35)30-20-14-17(9-10-22(20)33-2)26-29-19-5-3-4-6-24(19)36-26/h3-14H,1-2H3,(H2,30,31,32,35). The molecule has 0 unspecified atom stereocenters. The van der Waals surface area contributed by atoms with Crippen molar-refractivity contribution >= 4 is 62.1 Å². The molecule has 0 atom stereocenters. The second-order valence-electron chi connectivity index (χ2n) is 7.94. The van der Waals surface area contributed by atoms with E-state index in [0.29, 0.717) is 22.2 Å². The second-order valence-corrected chi connectivity index (χ2v) is 9.78. The fourth-order valence-corrected chi connectivity index (χ4v) is 4.96. The van der Waals surface area contributed by atoms with Crippen LogP contribution in [-0.4, -0.2) is 23.1 Å². The highest BCUT2D eigenvalue weighted by atomic mass is 35.5. The largest absolute Gasteiger partial charge is 0.495 e. The number of carbonyl (C=O) groups excluding carboxylic acids is 1. The number of nitrogens with zero attached hydrogens (tertiary/aromatic N) is 1. The molecule has 2 N–H and O–H groups in total. The topological polar surface area (TPSA) is 76.4 Å². The zero-order chi connectivity index (χ0) is 25.2. The van der Waals surface area contributed by atoms with Gasteiger partial charge in [-0.2, -0.15) is 0 Å². The summed E-state index contributed by atoms with van der Waals surface area (Å²) in [5, 5.41) is 7.31. The second kappa shape index (κ2) is 10.1. The zero-order valence-corrected chi connectivity index (χ0v) is 21.7. The van der Waals surface area contributed by atoms with Gasteiger partial charge in [0.05, 0.1) is 23.0 Å². The maximum Gasteiger partial charge on any atom is 0.293 e. The van der Waals surface area contributed by atoms with Crippen LogP contribution in [0, 0.1) is 6.92 Å². The number of nitrogens with one attached hydrogen (secondary N) is 2. The lowest BCUT2D eigenvalue weighted by Gasteiger charge is -2.13. The number of benzene rings is 3.